The lowest BCUT2D eigenvalue weighted by Gasteiger charge is -2.19. The predicted octanol–water partition coefficient (Wildman–Crippen LogP) is 1.46. The first-order valence-corrected chi connectivity index (χ1v) is 7.33. The van der Waals surface area contributed by atoms with E-state index in [0.29, 0.717) is 26.1 Å². The third-order valence-corrected chi connectivity index (χ3v) is 3.39. The van der Waals surface area contributed by atoms with Crippen LogP contribution in [0.15, 0.2) is 30.3 Å². The van der Waals surface area contributed by atoms with Crippen molar-refractivity contribution in [2.24, 2.45) is 0 Å². The zero-order valence-corrected chi connectivity index (χ0v) is 12.2. The van der Waals surface area contributed by atoms with Crippen LogP contribution in [0.5, 0.6) is 0 Å². The summed E-state index contributed by atoms with van der Waals surface area (Å²) in [5, 5.41) is 2.75. The summed E-state index contributed by atoms with van der Waals surface area (Å²) >= 11 is 0. The molecule has 5 nitrogen and oxygen atoms in total. The Hall–Kier alpha value is -1.88. The van der Waals surface area contributed by atoms with Crippen LogP contribution in [0, 0.1) is 0 Å². The van der Waals surface area contributed by atoms with Crippen LogP contribution >= 0.6 is 0 Å². The number of benzene rings is 1. The second kappa shape index (κ2) is 7.78. The Labute approximate surface area is 124 Å². The average Bonchev–Trinajstić information content (AvgIpc) is 3.02. The molecule has 1 aromatic rings. The molecule has 0 aliphatic carbocycles. The molecule has 1 saturated heterocycles. The molecule has 0 aromatic heterocycles. The largest absolute Gasteiger partial charge is 0.464 e. The summed E-state index contributed by atoms with van der Waals surface area (Å²) in [4.78, 5) is 24.1. The number of hydrogen-bond donors (Lipinski definition) is 1. The quantitative estimate of drug-likeness (QED) is 0.806. The summed E-state index contributed by atoms with van der Waals surface area (Å²) < 4.78 is 10.4. The van der Waals surface area contributed by atoms with Gasteiger partial charge in [-0.15, -0.1) is 0 Å². The van der Waals surface area contributed by atoms with Gasteiger partial charge < -0.3 is 14.8 Å². The van der Waals surface area contributed by atoms with Crippen LogP contribution in [-0.4, -0.2) is 37.2 Å². The molecule has 1 amide bonds. The SMILES string of the molecule is CCOC(=O)[C@H](Cc1ccccc1)NC(=O)[C@@H]1CCCO1. The fraction of sp³-hybridized carbons (Fsp3) is 0.500. The standard InChI is InChI=1S/C16H21NO4/c1-2-20-16(19)13(11-12-7-4-3-5-8-12)17-15(18)14-9-6-10-21-14/h3-5,7-8,13-14H,2,6,9-11H2,1H3,(H,17,18)/t13-,14-/m0/s1. The molecule has 2 rings (SSSR count). The Kier molecular flexibility index (Phi) is 5.75. The highest BCUT2D eigenvalue weighted by molar-refractivity contribution is 5.87. The van der Waals surface area contributed by atoms with E-state index in [4.69, 9.17) is 9.47 Å². The minimum atomic E-state index is -0.677. The third kappa shape index (κ3) is 4.56. The lowest BCUT2D eigenvalue weighted by molar-refractivity contribution is -0.148. The van der Waals surface area contributed by atoms with Gasteiger partial charge in [-0.2, -0.15) is 0 Å². The molecule has 1 aliphatic heterocycles. The first-order valence-electron chi connectivity index (χ1n) is 7.33. The molecule has 1 fully saturated rings. The lowest BCUT2D eigenvalue weighted by Crippen LogP contribution is -2.47. The highest BCUT2D eigenvalue weighted by Gasteiger charge is 2.29. The number of ether oxygens (including phenoxy) is 2. The molecule has 1 N–H and O–H groups in total. The predicted molar refractivity (Wildman–Crippen MR) is 77.7 cm³/mol. The van der Waals surface area contributed by atoms with Crippen molar-refractivity contribution in [1.29, 1.82) is 0 Å². The second-order valence-corrected chi connectivity index (χ2v) is 5.00. The van der Waals surface area contributed by atoms with Crippen LogP contribution in [0.3, 0.4) is 0 Å². The topological polar surface area (TPSA) is 64.6 Å². The van der Waals surface area contributed by atoms with E-state index < -0.39 is 18.1 Å². The van der Waals surface area contributed by atoms with E-state index in [2.05, 4.69) is 5.32 Å². The minimum Gasteiger partial charge on any atom is -0.464 e. The highest BCUT2D eigenvalue weighted by Crippen LogP contribution is 2.13. The number of esters is 1. The fourth-order valence-corrected chi connectivity index (χ4v) is 2.34. The van der Waals surface area contributed by atoms with E-state index in [0.717, 1.165) is 12.0 Å². The summed E-state index contributed by atoms with van der Waals surface area (Å²) in [5.41, 5.74) is 0.975. The van der Waals surface area contributed by atoms with E-state index in [9.17, 15) is 9.59 Å². The number of nitrogens with one attached hydrogen (secondary N) is 1. The van der Waals surface area contributed by atoms with Gasteiger partial charge in [-0.25, -0.2) is 4.79 Å². The van der Waals surface area contributed by atoms with Crippen molar-refractivity contribution in [2.45, 2.75) is 38.3 Å². The van der Waals surface area contributed by atoms with Gasteiger partial charge in [0.05, 0.1) is 6.61 Å². The average molecular weight is 291 g/mol. The zero-order chi connectivity index (χ0) is 15.1. The molecule has 114 valence electrons. The molecule has 1 aromatic carbocycles. The molecule has 0 spiro atoms. The highest BCUT2D eigenvalue weighted by atomic mass is 16.5. The summed E-state index contributed by atoms with van der Waals surface area (Å²) in [6, 6.07) is 8.88. The summed E-state index contributed by atoms with van der Waals surface area (Å²) in [6.07, 6.45) is 1.55. The normalized spacial score (nSPS) is 19.0. The monoisotopic (exact) mass is 291 g/mol. The van der Waals surface area contributed by atoms with Crippen molar-refractivity contribution in [2.75, 3.05) is 13.2 Å². The Morgan fingerprint density at radius 3 is 2.76 bits per heavy atom. The van der Waals surface area contributed by atoms with Crippen LogP contribution in [0.1, 0.15) is 25.3 Å². The molecular weight excluding hydrogens is 270 g/mol. The number of carbonyl (C=O) groups excluding carboxylic acids is 2. The third-order valence-electron chi connectivity index (χ3n) is 3.39. The molecule has 5 heteroatoms. The van der Waals surface area contributed by atoms with Gasteiger partial charge in [-0.3, -0.25) is 4.79 Å². The van der Waals surface area contributed by atoms with E-state index in [1.54, 1.807) is 6.92 Å². The van der Waals surface area contributed by atoms with Gasteiger partial charge in [0.15, 0.2) is 0 Å². The molecule has 0 bridgehead atoms. The van der Waals surface area contributed by atoms with Crippen molar-refractivity contribution >= 4 is 11.9 Å². The van der Waals surface area contributed by atoms with E-state index >= 15 is 0 Å². The molecule has 0 unspecified atom stereocenters. The van der Waals surface area contributed by atoms with E-state index in [-0.39, 0.29) is 5.91 Å². The molecule has 21 heavy (non-hydrogen) atoms. The fourth-order valence-electron chi connectivity index (χ4n) is 2.34. The van der Waals surface area contributed by atoms with E-state index in [1.165, 1.54) is 0 Å². The van der Waals surface area contributed by atoms with Crippen LogP contribution in [0.25, 0.3) is 0 Å². The van der Waals surface area contributed by atoms with Crippen molar-refractivity contribution in [3.63, 3.8) is 0 Å². The van der Waals surface area contributed by atoms with Gasteiger partial charge in [0.25, 0.3) is 0 Å². The number of carbonyl (C=O) groups is 2. The number of amides is 1. The lowest BCUT2D eigenvalue weighted by atomic mass is 10.1. The minimum absolute atomic E-state index is 0.235. The summed E-state index contributed by atoms with van der Waals surface area (Å²) in [6.45, 7) is 2.64. The zero-order valence-electron chi connectivity index (χ0n) is 12.2. The Bertz CT molecular complexity index is 468. The van der Waals surface area contributed by atoms with Crippen LogP contribution in [0.2, 0.25) is 0 Å². The second-order valence-electron chi connectivity index (χ2n) is 5.00. The Morgan fingerprint density at radius 2 is 2.14 bits per heavy atom. The van der Waals surface area contributed by atoms with Crippen molar-refractivity contribution in [3.8, 4) is 0 Å². The van der Waals surface area contributed by atoms with Gasteiger partial charge in [-0.1, -0.05) is 30.3 Å². The Balaban J connectivity index is 2.01. The van der Waals surface area contributed by atoms with E-state index in [1.807, 2.05) is 30.3 Å². The van der Waals surface area contributed by atoms with Crippen LogP contribution < -0.4 is 5.32 Å². The number of hydrogen-bond acceptors (Lipinski definition) is 4. The molecule has 0 radical (unpaired) electrons. The van der Waals surface area contributed by atoms with Gasteiger partial charge >= 0.3 is 5.97 Å². The van der Waals surface area contributed by atoms with Crippen molar-refractivity contribution < 1.29 is 19.1 Å². The van der Waals surface area contributed by atoms with Crippen molar-refractivity contribution in [1.82, 2.24) is 5.32 Å². The molecule has 1 aliphatic rings. The van der Waals surface area contributed by atoms with Crippen molar-refractivity contribution in [3.05, 3.63) is 35.9 Å². The maximum atomic E-state index is 12.1. The first-order chi connectivity index (χ1) is 10.2. The maximum absolute atomic E-state index is 12.1. The molecule has 1 heterocycles. The van der Waals surface area contributed by atoms with Crippen LogP contribution in [-0.2, 0) is 25.5 Å². The smallest absolute Gasteiger partial charge is 0.328 e. The summed E-state index contributed by atoms with van der Waals surface area (Å²) in [5.74, 6) is -0.644. The maximum Gasteiger partial charge on any atom is 0.328 e. The molecule has 2 atom stereocenters. The first kappa shape index (κ1) is 15.5. The number of rotatable bonds is 6. The van der Waals surface area contributed by atoms with Gasteiger partial charge in [0, 0.05) is 13.0 Å². The summed E-state index contributed by atoms with van der Waals surface area (Å²) in [7, 11) is 0. The van der Waals surface area contributed by atoms with Gasteiger partial charge in [-0.05, 0) is 25.3 Å². The van der Waals surface area contributed by atoms with Crippen LogP contribution in [0.4, 0.5) is 0 Å². The molecular formula is C16H21NO4. The Morgan fingerprint density at radius 1 is 1.38 bits per heavy atom. The van der Waals surface area contributed by atoms with Gasteiger partial charge in [0.1, 0.15) is 12.1 Å². The molecule has 0 saturated carbocycles. The van der Waals surface area contributed by atoms with Gasteiger partial charge in [0.2, 0.25) is 5.91 Å².